The molecule has 22 heavy (non-hydrogen) atoms. The number of amides is 2. The van der Waals surface area contributed by atoms with Crippen molar-refractivity contribution in [3.8, 4) is 0 Å². The third kappa shape index (κ3) is 3.63. The zero-order valence-electron chi connectivity index (χ0n) is 12.8. The van der Waals surface area contributed by atoms with Crippen molar-refractivity contribution in [2.75, 3.05) is 19.0 Å². The number of ether oxygens (including phenoxy) is 1. The second-order valence-corrected chi connectivity index (χ2v) is 5.29. The van der Waals surface area contributed by atoms with Crippen molar-refractivity contribution < 1.29 is 19.1 Å². The lowest BCUT2D eigenvalue weighted by Gasteiger charge is -2.33. The van der Waals surface area contributed by atoms with Gasteiger partial charge in [0.05, 0.1) is 7.11 Å². The van der Waals surface area contributed by atoms with Crippen LogP contribution in [0.1, 0.15) is 36.5 Å². The molecule has 1 aliphatic rings. The molecule has 0 spiro atoms. The van der Waals surface area contributed by atoms with Gasteiger partial charge in [0.1, 0.15) is 6.04 Å². The summed E-state index contributed by atoms with van der Waals surface area (Å²) in [6, 6.07) is 6.13. The number of nitrogens with one attached hydrogen (secondary N) is 1. The molecule has 0 aromatic heterocycles. The number of piperidine rings is 1. The van der Waals surface area contributed by atoms with Gasteiger partial charge < -0.3 is 15.0 Å². The van der Waals surface area contributed by atoms with E-state index in [-0.39, 0.29) is 17.8 Å². The first-order valence-electron chi connectivity index (χ1n) is 7.29. The highest BCUT2D eigenvalue weighted by molar-refractivity contribution is 5.97. The summed E-state index contributed by atoms with van der Waals surface area (Å²) in [6.45, 7) is 1.97. The smallest absolute Gasteiger partial charge is 0.328 e. The summed E-state index contributed by atoms with van der Waals surface area (Å²) in [5.41, 5.74) is 1.12. The number of carbonyl (C=O) groups excluding carboxylic acids is 3. The van der Waals surface area contributed by atoms with Crippen molar-refractivity contribution >= 4 is 23.5 Å². The maximum Gasteiger partial charge on any atom is 0.328 e. The van der Waals surface area contributed by atoms with Gasteiger partial charge in [-0.1, -0.05) is 0 Å². The molecule has 1 fully saturated rings. The van der Waals surface area contributed by atoms with E-state index in [0.717, 1.165) is 12.8 Å². The molecule has 6 heteroatoms. The Morgan fingerprint density at radius 3 is 2.45 bits per heavy atom. The summed E-state index contributed by atoms with van der Waals surface area (Å²) in [7, 11) is 1.34. The van der Waals surface area contributed by atoms with Crippen LogP contribution in [0.3, 0.4) is 0 Å². The summed E-state index contributed by atoms with van der Waals surface area (Å²) in [5, 5.41) is 2.65. The minimum Gasteiger partial charge on any atom is -0.467 e. The van der Waals surface area contributed by atoms with Crippen LogP contribution in [-0.2, 0) is 14.3 Å². The van der Waals surface area contributed by atoms with E-state index >= 15 is 0 Å². The van der Waals surface area contributed by atoms with E-state index in [0.29, 0.717) is 24.2 Å². The van der Waals surface area contributed by atoms with Gasteiger partial charge >= 0.3 is 5.97 Å². The maximum absolute atomic E-state index is 12.6. The van der Waals surface area contributed by atoms with Gasteiger partial charge in [0.15, 0.2) is 0 Å². The second-order valence-electron chi connectivity index (χ2n) is 5.29. The third-order valence-electron chi connectivity index (χ3n) is 3.69. The fourth-order valence-corrected chi connectivity index (χ4v) is 2.62. The number of esters is 1. The molecular formula is C16H20N2O4. The molecule has 118 valence electrons. The Balaban J connectivity index is 2.14. The lowest BCUT2D eigenvalue weighted by molar-refractivity contribution is -0.147. The third-order valence-corrected chi connectivity index (χ3v) is 3.69. The van der Waals surface area contributed by atoms with Gasteiger partial charge in [0.2, 0.25) is 5.91 Å². The first kappa shape index (κ1) is 16.0. The summed E-state index contributed by atoms with van der Waals surface area (Å²) in [5.74, 6) is -0.728. The monoisotopic (exact) mass is 304 g/mol. The van der Waals surface area contributed by atoms with Gasteiger partial charge in [-0.25, -0.2) is 4.79 Å². The highest BCUT2D eigenvalue weighted by Crippen LogP contribution is 2.21. The summed E-state index contributed by atoms with van der Waals surface area (Å²) in [4.78, 5) is 37.0. The summed E-state index contributed by atoms with van der Waals surface area (Å²) in [6.07, 6.45) is 2.41. The van der Waals surface area contributed by atoms with Crippen LogP contribution < -0.4 is 5.32 Å². The first-order valence-corrected chi connectivity index (χ1v) is 7.29. The van der Waals surface area contributed by atoms with Crippen molar-refractivity contribution in [1.29, 1.82) is 0 Å². The van der Waals surface area contributed by atoms with Crippen LogP contribution in [0.25, 0.3) is 0 Å². The highest BCUT2D eigenvalue weighted by atomic mass is 16.5. The Hall–Kier alpha value is -2.37. The molecule has 1 heterocycles. The molecule has 1 atom stereocenters. The largest absolute Gasteiger partial charge is 0.467 e. The molecule has 6 nitrogen and oxygen atoms in total. The molecule has 0 aliphatic carbocycles. The Bertz CT molecular complexity index is 568. The molecule has 1 unspecified atom stereocenters. The summed E-state index contributed by atoms with van der Waals surface area (Å²) < 4.78 is 4.79. The van der Waals surface area contributed by atoms with Crippen molar-refractivity contribution in [3.05, 3.63) is 29.8 Å². The van der Waals surface area contributed by atoms with E-state index in [9.17, 15) is 14.4 Å². The number of hydrogen-bond acceptors (Lipinski definition) is 4. The SMILES string of the molecule is COC(=O)C1CCCCN1C(=O)c1ccc(NC(C)=O)cc1. The van der Waals surface area contributed by atoms with E-state index in [1.807, 2.05) is 0 Å². The van der Waals surface area contributed by atoms with E-state index in [2.05, 4.69) is 5.32 Å². The van der Waals surface area contributed by atoms with E-state index in [1.54, 1.807) is 29.2 Å². The topological polar surface area (TPSA) is 75.7 Å². The predicted octanol–water partition coefficient (Wildman–Crippen LogP) is 1.81. The lowest BCUT2D eigenvalue weighted by Crippen LogP contribution is -2.48. The van der Waals surface area contributed by atoms with Crippen LogP contribution in [0.5, 0.6) is 0 Å². The molecule has 0 bridgehead atoms. The van der Waals surface area contributed by atoms with Gasteiger partial charge in [0.25, 0.3) is 5.91 Å². The van der Waals surface area contributed by atoms with Crippen LogP contribution >= 0.6 is 0 Å². The van der Waals surface area contributed by atoms with Gasteiger partial charge in [-0.15, -0.1) is 0 Å². The molecule has 0 radical (unpaired) electrons. The number of anilines is 1. The fourth-order valence-electron chi connectivity index (χ4n) is 2.62. The molecule has 1 N–H and O–H groups in total. The number of likely N-dealkylation sites (tertiary alicyclic amines) is 1. The Morgan fingerprint density at radius 2 is 1.86 bits per heavy atom. The van der Waals surface area contributed by atoms with Crippen molar-refractivity contribution in [2.24, 2.45) is 0 Å². The molecule has 2 amide bonds. The number of nitrogens with zero attached hydrogens (tertiary/aromatic N) is 1. The average molecular weight is 304 g/mol. The number of methoxy groups -OCH3 is 1. The minimum atomic E-state index is -0.513. The van der Waals surface area contributed by atoms with Gasteiger partial charge in [0, 0.05) is 24.7 Å². The first-order chi connectivity index (χ1) is 10.5. The second kappa shape index (κ2) is 7.06. The Morgan fingerprint density at radius 1 is 1.18 bits per heavy atom. The fraction of sp³-hybridized carbons (Fsp3) is 0.438. The average Bonchev–Trinajstić information content (AvgIpc) is 2.53. The zero-order valence-corrected chi connectivity index (χ0v) is 12.8. The van der Waals surface area contributed by atoms with Gasteiger partial charge in [-0.05, 0) is 43.5 Å². The quantitative estimate of drug-likeness (QED) is 0.864. The minimum absolute atomic E-state index is 0.166. The van der Waals surface area contributed by atoms with Gasteiger partial charge in [-0.3, -0.25) is 9.59 Å². The van der Waals surface area contributed by atoms with E-state index in [4.69, 9.17) is 4.74 Å². The van der Waals surface area contributed by atoms with E-state index < -0.39 is 6.04 Å². The van der Waals surface area contributed by atoms with Crippen LogP contribution in [0, 0.1) is 0 Å². The zero-order chi connectivity index (χ0) is 16.1. The predicted molar refractivity (Wildman–Crippen MR) is 81.4 cm³/mol. The van der Waals surface area contributed by atoms with Crippen molar-refractivity contribution in [1.82, 2.24) is 4.90 Å². The number of benzene rings is 1. The van der Waals surface area contributed by atoms with Gasteiger partial charge in [-0.2, -0.15) is 0 Å². The molecular weight excluding hydrogens is 284 g/mol. The lowest BCUT2D eigenvalue weighted by atomic mass is 10.0. The van der Waals surface area contributed by atoms with Crippen molar-refractivity contribution in [3.63, 3.8) is 0 Å². The highest BCUT2D eigenvalue weighted by Gasteiger charge is 2.33. The molecule has 1 aromatic carbocycles. The molecule has 1 aliphatic heterocycles. The van der Waals surface area contributed by atoms with Crippen LogP contribution in [-0.4, -0.2) is 42.4 Å². The molecule has 0 saturated carbocycles. The molecule has 1 aromatic rings. The number of carbonyl (C=O) groups is 3. The van der Waals surface area contributed by atoms with Crippen LogP contribution in [0.15, 0.2) is 24.3 Å². The molecule has 1 saturated heterocycles. The molecule has 2 rings (SSSR count). The summed E-state index contributed by atoms with van der Waals surface area (Å²) >= 11 is 0. The Kier molecular flexibility index (Phi) is 5.14. The van der Waals surface area contributed by atoms with Crippen molar-refractivity contribution in [2.45, 2.75) is 32.2 Å². The van der Waals surface area contributed by atoms with Crippen LogP contribution in [0.4, 0.5) is 5.69 Å². The number of rotatable bonds is 3. The Labute approximate surface area is 129 Å². The maximum atomic E-state index is 12.6. The number of hydrogen-bond donors (Lipinski definition) is 1. The van der Waals surface area contributed by atoms with Crippen LogP contribution in [0.2, 0.25) is 0 Å². The van der Waals surface area contributed by atoms with E-state index in [1.165, 1.54) is 14.0 Å². The standard InChI is InChI=1S/C16H20N2O4/c1-11(19)17-13-8-6-12(7-9-13)15(20)18-10-4-3-5-14(18)16(21)22-2/h6-9,14H,3-5,10H2,1-2H3,(H,17,19). The normalized spacial score (nSPS) is 17.7.